The standard InChI is InChI=1S/C22H26ClFIN2O3S/c1-31(28,29)21-3-2-18(11-20(21)24)30-9-6-16-10-19(16)15-4-7-27(8-5-15)22-13-25-12-17(23)14-26-22/h2-3,11-16,19H,4-10H2,1H3/q-1/t16-,19+/m1/s1. The molecule has 1 saturated carbocycles. The van der Waals surface area contributed by atoms with Crippen molar-refractivity contribution in [1.82, 2.24) is 4.90 Å². The van der Waals surface area contributed by atoms with Gasteiger partial charge >= 0.3 is 142 Å². The number of nitrogens with zero attached hydrogens (tertiary/aromatic N) is 2. The van der Waals surface area contributed by atoms with Gasteiger partial charge in [-0.25, -0.2) is 12.8 Å². The number of allylic oxidation sites excluding steroid dienone is 1. The summed E-state index contributed by atoms with van der Waals surface area (Å²) in [4.78, 5) is 6.62. The Balaban J connectivity index is 1.19. The second kappa shape index (κ2) is 9.79. The van der Waals surface area contributed by atoms with Crippen molar-refractivity contribution in [2.24, 2.45) is 22.7 Å². The second-order valence-corrected chi connectivity index (χ2v) is 12.7. The molecule has 0 bridgehead atoms. The minimum atomic E-state index is -3.56. The first-order valence-electron chi connectivity index (χ1n) is 10.4. The van der Waals surface area contributed by atoms with Gasteiger partial charge in [0.15, 0.2) is 9.84 Å². The van der Waals surface area contributed by atoms with Gasteiger partial charge in [0.2, 0.25) is 0 Å². The van der Waals surface area contributed by atoms with Crippen LogP contribution < -0.4 is 25.9 Å². The van der Waals surface area contributed by atoms with Crippen LogP contribution in [0.25, 0.3) is 0 Å². The van der Waals surface area contributed by atoms with E-state index in [-0.39, 0.29) is 26.1 Å². The Hall–Kier alpha value is -1.13. The van der Waals surface area contributed by atoms with Gasteiger partial charge in [0.25, 0.3) is 0 Å². The predicted octanol–water partition coefficient (Wildman–Crippen LogP) is 1.40. The molecule has 2 fully saturated rings. The van der Waals surface area contributed by atoms with E-state index in [0.717, 1.165) is 54.5 Å². The first-order chi connectivity index (χ1) is 14.8. The molecular weight excluding hydrogens is 554 g/mol. The monoisotopic (exact) mass is 579 g/mol. The molecule has 9 heteroatoms. The maximum Gasteiger partial charge on any atom is 0.145 e. The van der Waals surface area contributed by atoms with Crippen LogP contribution in [0.2, 0.25) is 0 Å². The first kappa shape index (κ1) is 23.0. The molecule has 0 unspecified atom stereocenters. The number of benzene rings is 1. The summed E-state index contributed by atoms with van der Waals surface area (Å²) in [5, 5.41) is 0.742. The molecule has 2 atom stereocenters. The van der Waals surface area contributed by atoms with Crippen molar-refractivity contribution in [3.63, 3.8) is 0 Å². The number of hydrogen-bond acceptors (Lipinski definition) is 5. The van der Waals surface area contributed by atoms with Crippen LogP contribution >= 0.6 is 11.6 Å². The van der Waals surface area contributed by atoms with Crippen LogP contribution in [0.1, 0.15) is 25.7 Å². The van der Waals surface area contributed by atoms with E-state index in [1.54, 1.807) is 6.21 Å². The van der Waals surface area contributed by atoms with Gasteiger partial charge in [-0.3, -0.25) is 0 Å². The molecule has 2 heterocycles. The van der Waals surface area contributed by atoms with Crippen molar-refractivity contribution in [1.29, 1.82) is 0 Å². The average molecular weight is 580 g/mol. The van der Waals surface area contributed by atoms with Crippen LogP contribution in [-0.2, 0) is 9.84 Å². The Morgan fingerprint density at radius 3 is 2.77 bits per heavy atom. The molecule has 1 saturated heterocycles. The van der Waals surface area contributed by atoms with E-state index in [9.17, 15) is 12.8 Å². The minimum Gasteiger partial charge on any atom is -0.205 e. The number of aliphatic imine (C=N–C) groups is 1. The number of likely N-dealkylation sites (tertiary alicyclic amines) is 1. The summed E-state index contributed by atoms with van der Waals surface area (Å²) in [6.45, 7) is 2.61. The van der Waals surface area contributed by atoms with Crippen molar-refractivity contribution in [3.05, 3.63) is 43.0 Å². The van der Waals surface area contributed by atoms with E-state index in [0.29, 0.717) is 18.3 Å². The number of piperidine rings is 1. The SMILES string of the molecule is CS(=O)(=O)c1ccc(OCC[C@@H]2C[C@H]2C2CCN(C3=C[I-]C=C(Cl)C=N3)CC2)cc1F. The van der Waals surface area contributed by atoms with Gasteiger partial charge in [0, 0.05) is 12.3 Å². The van der Waals surface area contributed by atoms with E-state index < -0.39 is 15.7 Å². The zero-order chi connectivity index (χ0) is 22.0. The molecule has 0 spiro atoms. The third-order valence-corrected chi connectivity index (χ3v) is 9.81. The quantitative estimate of drug-likeness (QED) is 0.459. The average Bonchev–Trinajstić information content (AvgIpc) is 3.51. The number of halogens is 3. The number of ether oxygens (including phenoxy) is 1. The van der Waals surface area contributed by atoms with E-state index in [1.807, 2.05) is 0 Å². The van der Waals surface area contributed by atoms with Crippen molar-refractivity contribution in [2.45, 2.75) is 30.6 Å². The van der Waals surface area contributed by atoms with Gasteiger partial charge in [-0.05, 0) is 12.1 Å². The Kier molecular flexibility index (Phi) is 7.27. The molecule has 0 amide bonds. The summed E-state index contributed by atoms with van der Waals surface area (Å²) in [6, 6.07) is 3.95. The molecule has 5 nitrogen and oxygen atoms in total. The Labute approximate surface area is 198 Å². The Morgan fingerprint density at radius 2 is 2.06 bits per heavy atom. The smallest absolute Gasteiger partial charge is 0.145 e. The fraction of sp³-hybridized carbons (Fsp3) is 0.500. The van der Waals surface area contributed by atoms with Gasteiger partial charge in [-0.15, -0.1) is 0 Å². The Bertz CT molecular complexity index is 1020. The molecule has 1 aromatic rings. The van der Waals surface area contributed by atoms with Crippen LogP contribution in [0.3, 0.4) is 0 Å². The zero-order valence-electron chi connectivity index (χ0n) is 17.3. The zero-order valence-corrected chi connectivity index (χ0v) is 21.0. The molecule has 4 rings (SSSR count). The van der Waals surface area contributed by atoms with Gasteiger partial charge < -0.3 is 0 Å². The summed E-state index contributed by atoms with van der Waals surface area (Å²) < 4.78 is 47.0. The molecule has 2 aliphatic heterocycles. The van der Waals surface area contributed by atoms with E-state index in [4.69, 9.17) is 16.3 Å². The summed E-state index contributed by atoms with van der Waals surface area (Å²) in [6.07, 6.45) is 7.31. The van der Waals surface area contributed by atoms with E-state index in [1.165, 1.54) is 31.4 Å². The molecule has 0 aromatic heterocycles. The first-order valence-corrected chi connectivity index (χ1v) is 15.2. The van der Waals surface area contributed by atoms with Crippen LogP contribution in [0.5, 0.6) is 5.75 Å². The van der Waals surface area contributed by atoms with Crippen LogP contribution in [0, 0.1) is 23.6 Å². The van der Waals surface area contributed by atoms with Gasteiger partial charge in [-0.2, -0.15) is 0 Å². The third kappa shape index (κ3) is 6.01. The third-order valence-electron chi connectivity index (χ3n) is 6.15. The predicted molar refractivity (Wildman–Crippen MR) is 116 cm³/mol. The summed E-state index contributed by atoms with van der Waals surface area (Å²) >= 11 is 5.90. The Morgan fingerprint density at radius 1 is 1.29 bits per heavy atom. The van der Waals surface area contributed by atoms with E-state index >= 15 is 0 Å². The fourth-order valence-electron chi connectivity index (χ4n) is 4.42. The van der Waals surface area contributed by atoms with Gasteiger partial charge in [0.1, 0.15) is 10.7 Å². The topological polar surface area (TPSA) is 59.0 Å². The van der Waals surface area contributed by atoms with Gasteiger partial charge in [0.05, 0.1) is 0 Å². The van der Waals surface area contributed by atoms with Crippen molar-refractivity contribution in [3.8, 4) is 5.75 Å². The van der Waals surface area contributed by atoms with E-state index in [2.05, 4.69) is 18.1 Å². The molecule has 170 valence electrons. The van der Waals surface area contributed by atoms with Crippen LogP contribution in [-0.4, -0.2) is 45.5 Å². The molecule has 0 N–H and O–H groups in total. The molecular formula is C22H26ClFIN2O3S-. The number of rotatable bonds is 7. The van der Waals surface area contributed by atoms with Crippen molar-refractivity contribution >= 4 is 27.7 Å². The summed E-state index contributed by atoms with van der Waals surface area (Å²) in [5.74, 6) is 2.87. The van der Waals surface area contributed by atoms with Gasteiger partial charge in [-0.1, -0.05) is 0 Å². The van der Waals surface area contributed by atoms with Crippen LogP contribution in [0.15, 0.2) is 47.1 Å². The molecule has 0 radical (unpaired) electrons. The molecule has 1 aliphatic carbocycles. The maximum absolute atomic E-state index is 14.0. The number of hydrogen-bond donors (Lipinski definition) is 0. The normalized spacial score (nSPS) is 24.7. The van der Waals surface area contributed by atoms with Crippen molar-refractivity contribution in [2.75, 3.05) is 26.0 Å². The minimum absolute atomic E-state index is 0.166. The summed E-state index contributed by atoms with van der Waals surface area (Å²) in [5.41, 5.74) is 0. The van der Waals surface area contributed by atoms with Crippen LogP contribution in [0.4, 0.5) is 4.39 Å². The maximum atomic E-state index is 14.0. The summed E-state index contributed by atoms with van der Waals surface area (Å²) in [7, 11) is -3.56. The van der Waals surface area contributed by atoms with Crippen molar-refractivity contribution < 1.29 is 38.8 Å². The largest absolute Gasteiger partial charge is 0.205 e. The molecule has 1 aromatic carbocycles. The molecule has 3 aliphatic rings. The number of sulfone groups is 1. The fourth-order valence-corrected chi connectivity index (χ4v) is 7.08. The second-order valence-electron chi connectivity index (χ2n) is 8.33. The molecule has 31 heavy (non-hydrogen) atoms.